The number of carboxylic acids is 1. The van der Waals surface area contributed by atoms with Crippen LogP contribution in [-0.4, -0.2) is 11.1 Å². The van der Waals surface area contributed by atoms with Crippen LogP contribution in [0.2, 0.25) is 0 Å². The fourth-order valence-corrected chi connectivity index (χ4v) is 1.43. The third-order valence-corrected chi connectivity index (χ3v) is 3.30. The normalized spacial score (nSPS) is 15.6. The highest BCUT2D eigenvalue weighted by molar-refractivity contribution is 5.75. The number of rotatable bonds is 3. The van der Waals surface area contributed by atoms with Crippen LogP contribution in [-0.2, 0) is 10.5 Å². The van der Waals surface area contributed by atoms with Gasteiger partial charge >= 0.3 is 5.97 Å². The standard InChI is InChI=1S/C13H17FO2/c1-9-5-7-10(8-6-9)13(4,14)12(2,3)11(15)16/h5-8H,1-4H3,(H,15,16). The van der Waals surface area contributed by atoms with E-state index in [9.17, 15) is 9.18 Å². The van der Waals surface area contributed by atoms with E-state index < -0.39 is 17.1 Å². The van der Waals surface area contributed by atoms with Crippen molar-refractivity contribution in [3.63, 3.8) is 0 Å². The van der Waals surface area contributed by atoms with E-state index in [0.717, 1.165) is 5.56 Å². The van der Waals surface area contributed by atoms with Crippen molar-refractivity contribution in [1.82, 2.24) is 0 Å². The summed E-state index contributed by atoms with van der Waals surface area (Å²) in [5.41, 5.74) is -1.94. The fourth-order valence-electron chi connectivity index (χ4n) is 1.43. The molecule has 3 heteroatoms. The average Bonchev–Trinajstić information content (AvgIpc) is 2.17. The Morgan fingerprint density at radius 1 is 1.19 bits per heavy atom. The van der Waals surface area contributed by atoms with Crippen LogP contribution in [0.3, 0.4) is 0 Å². The predicted molar refractivity (Wildman–Crippen MR) is 61.1 cm³/mol. The Morgan fingerprint density at radius 2 is 1.62 bits per heavy atom. The number of carboxylic acid groups (broad SMARTS) is 1. The minimum Gasteiger partial charge on any atom is -0.481 e. The molecule has 0 saturated carbocycles. The van der Waals surface area contributed by atoms with E-state index in [1.807, 2.05) is 6.92 Å². The van der Waals surface area contributed by atoms with Crippen molar-refractivity contribution in [2.45, 2.75) is 33.4 Å². The first kappa shape index (κ1) is 12.7. The molecule has 0 aliphatic rings. The smallest absolute Gasteiger partial charge is 0.312 e. The minimum atomic E-state index is -1.90. The molecule has 16 heavy (non-hydrogen) atoms. The maximum Gasteiger partial charge on any atom is 0.312 e. The zero-order valence-electron chi connectivity index (χ0n) is 10.0. The Hall–Kier alpha value is -1.38. The van der Waals surface area contributed by atoms with Crippen molar-refractivity contribution in [3.05, 3.63) is 35.4 Å². The predicted octanol–water partition coefficient (Wildman–Crippen LogP) is 3.29. The first-order valence-corrected chi connectivity index (χ1v) is 5.19. The van der Waals surface area contributed by atoms with Crippen molar-refractivity contribution in [2.24, 2.45) is 5.41 Å². The second-order valence-corrected chi connectivity index (χ2v) is 4.80. The van der Waals surface area contributed by atoms with Gasteiger partial charge in [-0.3, -0.25) is 4.79 Å². The lowest BCUT2D eigenvalue weighted by Gasteiger charge is -2.34. The molecular formula is C13H17FO2. The maximum atomic E-state index is 14.6. The number of hydrogen-bond donors (Lipinski definition) is 1. The van der Waals surface area contributed by atoms with Crippen LogP contribution in [0.5, 0.6) is 0 Å². The summed E-state index contributed by atoms with van der Waals surface area (Å²) in [4.78, 5) is 11.1. The van der Waals surface area contributed by atoms with Gasteiger partial charge in [0, 0.05) is 0 Å². The summed E-state index contributed by atoms with van der Waals surface area (Å²) < 4.78 is 14.6. The van der Waals surface area contributed by atoms with Crippen molar-refractivity contribution in [2.75, 3.05) is 0 Å². The quantitative estimate of drug-likeness (QED) is 0.855. The zero-order valence-corrected chi connectivity index (χ0v) is 10.0. The highest BCUT2D eigenvalue weighted by Crippen LogP contribution is 2.43. The van der Waals surface area contributed by atoms with Gasteiger partial charge in [-0.25, -0.2) is 4.39 Å². The molecule has 0 aliphatic heterocycles. The molecular weight excluding hydrogens is 207 g/mol. The average molecular weight is 224 g/mol. The van der Waals surface area contributed by atoms with Gasteiger partial charge in [-0.1, -0.05) is 29.8 Å². The zero-order chi connectivity index (χ0) is 12.6. The fraction of sp³-hybridized carbons (Fsp3) is 0.462. The van der Waals surface area contributed by atoms with Crippen LogP contribution in [0.25, 0.3) is 0 Å². The van der Waals surface area contributed by atoms with E-state index in [4.69, 9.17) is 5.11 Å². The number of halogens is 1. The van der Waals surface area contributed by atoms with E-state index in [-0.39, 0.29) is 0 Å². The molecule has 88 valence electrons. The van der Waals surface area contributed by atoms with E-state index in [1.165, 1.54) is 20.8 Å². The molecule has 1 atom stereocenters. The molecule has 0 spiro atoms. The third kappa shape index (κ3) is 1.94. The lowest BCUT2D eigenvalue weighted by Crippen LogP contribution is -2.41. The third-order valence-electron chi connectivity index (χ3n) is 3.30. The summed E-state index contributed by atoms with van der Waals surface area (Å²) in [6, 6.07) is 6.84. The van der Waals surface area contributed by atoms with Gasteiger partial charge in [0.05, 0.1) is 0 Å². The largest absolute Gasteiger partial charge is 0.481 e. The van der Waals surface area contributed by atoms with Crippen molar-refractivity contribution in [3.8, 4) is 0 Å². The van der Waals surface area contributed by atoms with Gasteiger partial charge in [-0.15, -0.1) is 0 Å². The SMILES string of the molecule is Cc1ccc(C(C)(F)C(C)(C)C(=O)O)cc1. The molecule has 1 N–H and O–H groups in total. The second-order valence-electron chi connectivity index (χ2n) is 4.80. The number of carbonyl (C=O) groups is 1. The Kier molecular flexibility index (Phi) is 3.08. The van der Waals surface area contributed by atoms with Gasteiger partial charge in [-0.05, 0) is 33.3 Å². The van der Waals surface area contributed by atoms with Gasteiger partial charge in [-0.2, -0.15) is 0 Å². The molecule has 1 unspecified atom stereocenters. The first-order chi connectivity index (χ1) is 7.19. The highest BCUT2D eigenvalue weighted by Gasteiger charge is 2.48. The topological polar surface area (TPSA) is 37.3 Å². The molecule has 0 aromatic heterocycles. The van der Waals surface area contributed by atoms with Crippen molar-refractivity contribution >= 4 is 5.97 Å². The number of hydrogen-bond acceptors (Lipinski definition) is 1. The molecule has 0 saturated heterocycles. The Balaban J connectivity index is 3.20. The van der Waals surface area contributed by atoms with E-state index in [0.29, 0.717) is 5.56 Å². The van der Waals surface area contributed by atoms with Gasteiger partial charge in [0.15, 0.2) is 0 Å². The molecule has 1 rings (SSSR count). The molecule has 1 aromatic carbocycles. The molecule has 0 aliphatic carbocycles. The lowest BCUT2D eigenvalue weighted by molar-refractivity contribution is -0.156. The summed E-state index contributed by atoms with van der Waals surface area (Å²) in [7, 11) is 0. The first-order valence-electron chi connectivity index (χ1n) is 5.19. The van der Waals surface area contributed by atoms with Crippen LogP contribution in [0.15, 0.2) is 24.3 Å². The summed E-state index contributed by atoms with van der Waals surface area (Å²) >= 11 is 0. The molecule has 1 aromatic rings. The van der Waals surface area contributed by atoms with Gasteiger partial charge in [0.25, 0.3) is 0 Å². The summed E-state index contributed by atoms with van der Waals surface area (Å²) in [6.45, 7) is 6.01. The second kappa shape index (κ2) is 3.89. The summed E-state index contributed by atoms with van der Waals surface area (Å²) in [5, 5.41) is 9.05. The van der Waals surface area contributed by atoms with Crippen LogP contribution in [0, 0.1) is 12.3 Å². The maximum absolute atomic E-state index is 14.6. The molecule has 0 fully saturated rings. The molecule has 2 nitrogen and oxygen atoms in total. The number of alkyl halides is 1. The van der Waals surface area contributed by atoms with E-state index >= 15 is 0 Å². The van der Waals surface area contributed by atoms with Gasteiger partial charge in [0.2, 0.25) is 0 Å². The van der Waals surface area contributed by atoms with Crippen molar-refractivity contribution in [1.29, 1.82) is 0 Å². The number of aliphatic carboxylic acids is 1. The minimum absolute atomic E-state index is 0.394. The van der Waals surface area contributed by atoms with E-state index in [2.05, 4.69) is 0 Å². The number of aryl methyl sites for hydroxylation is 1. The molecule has 0 amide bonds. The summed E-state index contributed by atoms with van der Waals surface area (Å²) in [5.74, 6) is -1.14. The molecule has 0 heterocycles. The Labute approximate surface area is 95.1 Å². The summed E-state index contributed by atoms with van der Waals surface area (Å²) in [6.07, 6.45) is 0. The number of benzene rings is 1. The van der Waals surface area contributed by atoms with Gasteiger partial charge < -0.3 is 5.11 Å². The Bertz CT molecular complexity index is 391. The van der Waals surface area contributed by atoms with Crippen LogP contribution in [0.4, 0.5) is 4.39 Å². The van der Waals surface area contributed by atoms with Crippen LogP contribution in [0.1, 0.15) is 31.9 Å². The highest BCUT2D eigenvalue weighted by atomic mass is 19.1. The van der Waals surface area contributed by atoms with Crippen molar-refractivity contribution < 1.29 is 14.3 Å². The monoisotopic (exact) mass is 224 g/mol. The lowest BCUT2D eigenvalue weighted by atomic mass is 9.73. The van der Waals surface area contributed by atoms with Crippen LogP contribution < -0.4 is 0 Å². The van der Waals surface area contributed by atoms with Crippen LogP contribution >= 0.6 is 0 Å². The van der Waals surface area contributed by atoms with E-state index in [1.54, 1.807) is 24.3 Å². The molecule has 0 bridgehead atoms. The molecule has 0 radical (unpaired) electrons. The Morgan fingerprint density at radius 3 is 2.00 bits per heavy atom. The van der Waals surface area contributed by atoms with Gasteiger partial charge in [0.1, 0.15) is 11.1 Å².